The van der Waals surface area contributed by atoms with E-state index in [0.717, 1.165) is 13.1 Å². The van der Waals surface area contributed by atoms with Crippen LogP contribution in [0.4, 0.5) is 0 Å². The van der Waals surface area contributed by atoms with Gasteiger partial charge in [-0.25, -0.2) is 4.79 Å². The van der Waals surface area contributed by atoms with Gasteiger partial charge in [0.25, 0.3) is 6.47 Å². The summed E-state index contributed by atoms with van der Waals surface area (Å²) in [6.07, 6.45) is -4.10. The molecule has 12 heteroatoms. The lowest BCUT2D eigenvalue weighted by molar-refractivity contribution is -0.185. The van der Waals surface area contributed by atoms with Crippen LogP contribution in [-0.2, 0) is 14.3 Å². The highest BCUT2D eigenvalue weighted by Gasteiger charge is 2.24. The van der Waals surface area contributed by atoms with Gasteiger partial charge in [-0.1, -0.05) is 24.2 Å². The van der Waals surface area contributed by atoms with Gasteiger partial charge in [0.1, 0.15) is 0 Å². The highest BCUT2D eigenvalue weighted by Crippen LogP contribution is 2.12. The van der Waals surface area contributed by atoms with Crippen LogP contribution in [0.5, 0.6) is 0 Å². The van der Waals surface area contributed by atoms with E-state index in [2.05, 4.69) is 39.5 Å². The molecule has 0 amide bonds. The molecule has 0 saturated carbocycles. The molecule has 0 radical (unpaired) electrons. The van der Waals surface area contributed by atoms with E-state index in [1.165, 1.54) is 0 Å². The standard InChI is InChI=1S/C13H28N4O2.C4H6O6/c1-9(11(3)16-18)14-7-13(5,6)8-15-10(2)12(4)17-19;5-1-10-4(9)2(6)3(7)8/h9-10,14-15,18-19H,7-8H2,1-6H3;1-2,4,6,9H,(H,7,8)/b16-11+,17-12+;/t9-,10-;2-,4-/m01/s1. The number of aliphatic hydroxyl groups is 2. The van der Waals surface area contributed by atoms with Gasteiger partial charge in [0.2, 0.25) is 12.4 Å². The van der Waals surface area contributed by atoms with E-state index in [-0.39, 0.29) is 24.0 Å². The first-order chi connectivity index (χ1) is 13.3. The molecule has 0 heterocycles. The second kappa shape index (κ2) is 14.7. The van der Waals surface area contributed by atoms with E-state index in [4.69, 9.17) is 25.7 Å². The molecule has 0 unspecified atom stereocenters. The highest BCUT2D eigenvalue weighted by atomic mass is 16.6. The van der Waals surface area contributed by atoms with E-state index in [1.807, 2.05) is 13.8 Å². The second-order valence-corrected chi connectivity index (χ2v) is 7.26. The summed E-state index contributed by atoms with van der Waals surface area (Å²) in [5.41, 5.74) is 1.37. The third kappa shape index (κ3) is 13.5. The molecule has 4 atom stereocenters. The smallest absolute Gasteiger partial charge is 0.339 e. The van der Waals surface area contributed by atoms with Gasteiger partial charge in [-0.15, -0.1) is 0 Å². The molecule has 0 aliphatic heterocycles. The Kier molecular flexibility index (Phi) is 14.6. The number of aliphatic hydroxyl groups excluding tert-OH is 2. The molecule has 12 nitrogen and oxygen atoms in total. The molecule has 0 aliphatic carbocycles. The molecular weight excluding hydrogens is 388 g/mol. The first-order valence-electron chi connectivity index (χ1n) is 8.84. The highest BCUT2D eigenvalue weighted by molar-refractivity contribution is 5.86. The van der Waals surface area contributed by atoms with Gasteiger partial charge in [-0.05, 0) is 33.1 Å². The normalized spacial score (nSPS) is 16.7. The Morgan fingerprint density at radius 1 is 1.03 bits per heavy atom. The minimum absolute atomic E-state index is 0.0357. The first-order valence-corrected chi connectivity index (χ1v) is 8.84. The molecule has 0 aromatic heterocycles. The lowest BCUT2D eigenvalue weighted by Crippen LogP contribution is -2.46. The summed E-state index contributed by atoms with van der Waals surface area (Å²) in [4.78, 5) is 19.3. The molecule has 0 aliphatic rings. The van der Waals surface area contributed by atoms with Crippen molar-refractivity contribution in [2.24, 2.45) is 15.7 Å². The summed E-state index contributed by atoms with van der Waals surface area (Å²) in [6.45, 7) is 13.2. The summed E-state index contributed by atoms with van der Waals surface area (Å²) in [7, 11) is 0. The van der Waals surface area contributed by atoms with E-state index in [0.29, 0.717) is 11.4 Å². The Labute approximate surface area is 170 Å². The van der Waals surface area contributed by atoms with Crippen molar-refractivity contribution in [3.05, 3.63) is 0 Å². The van der Waals surface area contributed by atoms with Gasteiger partial charge in [0, 0.05) is 25.2 Å². The first kappa shape index (κ1) is 28.9. The molecule has 29 heavy (non-hydrogen) atoms. The fourth-order valence-corrected chi connectivity index (χ4v) is 1.64. The van der Waals surface area contributed by atoms with Crippen molar-refractivity contribution < 1.29 is 40.1 Å². The number of aliphatic carboxylic acids is 1. The second-order valence-electron chi connectivity index (χ2n) is 7.26. The number of carboxylic acid groups (broad SMARTS) is 1. The van der Waals surface area contributed by atoms with Crippen molar-refractivity contribution in [1.29, 1.82) is 0 Å². The molecule has 0 fully saturated rings. The van der Waals surface area contributed by atoms with Crippen LogP contribution in [0, 0.1) is 5.41 Å². The van der Waals surface area contributed by atoms with Crippen molar-refractivity contribution in [1.82, 2.24) is 10.6 Å². The molecule has 0 bridgehead atoms. The number of carbonyl (C=O) groups is 2. The summed E-state index contributed by atoms with van der Waals surface area (Å²) in [6, 6.07) is 0.0878. The number of nitrogens with zero attached hydrogens (tertiary/aromatic N) is 2. The van der Waals surface area contributed by atoms with Crippen LogP contribution in [0.1, 0.15) is 41.5 Å². The number of hydrogen-bond donors (Lipinski definition) is 7. The monoisotopic (exact) mass is 422 g/mol. The average molecular weight is 422 g/mol. The largest absolute Gasteiger partial charge is 0.479 e. The zero-order valence-electron chi connectivity index (χ0n) is 17.7. The lowest BCUT2D eigenvalue weighted by atomic mass is 9.92. The number of carbonyl (C=O) groups excluding carboxylic acids is 1. The van der Waals surface area contributed by atoms with Gasteiger partial charge in [0.15, 0.2) is 0 Å². The van der Waals surface area contributed by atoms with Crippen LogP contribution in [0.2, 0.25) is 0 Å². The minimum Gasteiger partial charge on any atom is -0.479 e. The van der Waals surface area contributed by atoms with Crippen molar-refractivity contribution in [3.63, 3.8) is 0 Å². The maximum absolute atomic E-state index is 9.81. The lowest BCUT2D eigenvalue weighted by Gasteiger charge is -2.29. The van der Waals surface area contributed by atoms with Crippen LogP contribution >= 0.6 is 0 Å². The number of carboxylic acids is 1. The van der Waals surface area contributed by atoms with E-state index < -0.39 is 18.4 Å². The maximum atomic E-state index is 9.81. The third-order valence-corrected chi connectivity index (χ3v) is 4.06. The number of rotatable bonds is 12. The van der Waals surface area contributed by atoms with Crippen molar-refractivity contribution in [2.75, 3.05) is 13.1 Å². The topological polar surface area (TPSA) is 193 Å². The predicted molar refractivity (Wildman–Crippen MR) is 105 cm³/mol. The minimum atomic E-state index is -2.09. The van der Waals surface area contributed by atoms with Crippen LogP contribution in [0.3, 0.4) is 0 Å². The predicted octanol–water partition coefficient (Wildman–Crippen LogP) is -0.408. The average Bonchev–Trinajstić information content (AvgIpc) is 2.68. The number of nitrogens with one attached hydrogen (secondary N) is 2. The zero-order chi connectivity index (χ0) is 23.2. The third-order valence-electron chi connectivity index (χ3n) is 4.06. The molecule has 170 valence electrons. The molecule has 0 saturated heterocycles. The molecule has 7 N–H and O–H groups in total. The fourth-order valence-electron chi connectivity index (χ4n) is 1.64. The summed E-state index contributed by atoms with van der Waals surface area (Å²) < 4.78 is 3.71. The molecule has 0 aromatic carbocycles. The SMILES string of the molecule is C/C(=N\O)[C@H](C)NCC(C)(C)CN[C@@H](C)/C(C)=N/O.O=CO[C@@H](O)[C@H](O)C(=O)O. The summed E-state index contributed by atoms with van der Waals surface area (Å²) in [5.74, 6) is -1.66. The summed E-state index contributed by atoms with van der Waals surface area (Å²) >= 11 is 0. The zero-order valence-corrected chi connectivity index (χ0v) is 17.7. The van der Waals surface area contributed by atoms with Crippen LogP contribution in [0.15, 0.2) is 10.3 Å². The van der Waals surface area contributed by atoms with Crippen molar-refractivity contribution in [3.8, 4) is 0 Å². The van der Waals surface area contributed by atoms with Gasteiger partial charge in [-0.3, -0.25) is 4.79 Å². The Morgan fingerprint density at radius 3 is 1.69 bits per heavy atom. The summed E-state index contributed by atoms with van der Waals surface area (Å²) in [5, 5.41) is 55.2. The number of ether oxygens (including phenoxy) is 1. The molecule has 0 aromatic rings. The number of hydrogen-bond acceptors (Lipinski definition) is 11. The van der Waals surface area contributed by atoms with Crippen molar-refractivity contribution in [2.45, 2.75) is 66.0 Å². The van der Waals surface area contributed by atoms with Gasteiger partial charge in [0.05, 0.1) is 11.4 Å². The van der Waals surface area contributed by atoms with Gasteiger partial charge in [-0.2, -0.15) is 0 Å². The number of oxime groups is 2. The Balaban J connectivity index is 0. The molecular formula is C17H34N4O8. The Hall–Kier alpha value is -2.28. The van der Waals surface area contributed by atoms with Crippen LogP contribution in [0.25, 0.3) is 0 Å². The van der Waals surface area contributed by atoms with E-state index >= 15 is 0 Å². The van der Waals surface area contributed by atoms with Gasteiger partial charge < -0.3 is 41.1 Å². The Morgan fingerprint density at radius 2 is 1.41 bits per heavy atom. The Bertz CT molecular complexity index is 524. The van der Waals surface area contributed by atoms with Crippen molar-refractivity contribution >= 4 is 23.9 Å². The van der Waals surface area contributed by atoms with Crippen LogP contribution < -0.4 is 10.6 Å². The van der Waals surface area contributed by atoms with E-state index in [9.17, 15) is 9.59 Å². The quantitative estimate of drug-likeness (QED) is 0.0714. The molecule has 0 spiro atoms. The fraction of sp³-hybridized carbons (Fsp3) is 0.765. The van der Waals surface area contributed by atoms with Crippen LogP contribution in [-0.4, -0.2) is 87.2 Å². The maximum Gasteiger partial charge on any atom is 0.339 e. The molecule has 0 rings (SSSR count). The van der Waals surface area contributed by atoms with Gasteiger partial charge >= 0.3 is 5.97 Å². The van der Waals surface area contributed by atoms with E-state index in [1.54, 1.807) is 13.8 Å².